The first-order valence-electron chi connectivity index (χ1n) is 6.45. The minimum atomic E-state index is -0.260. The molecule has 0 spiro atoms. The highest BCUT2D eigenvalue weighted by Crippen LogP contribution is 2.22. The van der Waals surface area contributed by atoms with Crippen LogP contribution in [0.1, 0.15) is 16.2 Å². The molecule has 106 valence electrons. The van der Waals surface area contributed by atoms with Crippen molar-refractivity contribution in [1.29, 1.82) is 0 Å². The van der Waals surface area contributed by atoms with Gasteiger partial charge in [0.15, 0.2) is 0 Å². The Morgan fingerprint density at radius 1 is 1.33 bits per heavy atom. The molecule has 1 N–H and O–H groups in total. The summed E-state index contributed by atoms with van der Waals surface area (Å²) < 4.78 is 1.71. The van der Waals surface area contributed by atoms with Crippen molar-refractivity contribution in [2.24, 2.45) is 7.05 Å². The van der Waals surface area contributed by atoms with E-state index in [1.54, 1.807) is 16.9 Å². The van der Waals surface area contributed by atoms with Crippen molar-refractivity contribution in [3.63, 3.8) is 0 Å². The van der Waals surface area contributed by atoms with Crippen LogP contribution in [0.15, 0.2) is 42.6 Å². The lowest BCUT2D eigenvalue weighted by atomic mass is 10.1. The van der Waals surface area contributed by atoms with Gasteiger partial charge in [0.25, 0.3) is 5.91 Å². The zero-order chi connectivity index (χ0) is 14.8. The molecule has 3 aromatic rings. The average molecular weight is 301 g/mol. The molecular formula is C15H13ClN4O. The van der Waals surface area contributed by atoms with Gasteiger partial charge in [0.05, 0.1) is 12.2 Å². The van der Waals surface area contributed by atoms with E-state index < -0.39 is 0 Å². The summed E-state index contributed by atoms with van der Waals surface area (Å²) in [4.78, 5) is 16.3. The Kier molecular flexibility index (Phi) is 3.58. The van der Waals surface area contributed by atoms with Crippen molar-refractivity contribution >= 4 is 28.3 Å². The summed E-state index contributed by atoms with van der Waals surface area (Å²) in [6.45, 7) is 0.390. The van der Waals surface area contributed by atoms with Crippen LogP contribution in [0.5, 0.6) is 0 Å². The van der Waals surface area contributed by atoms with Crippen molar-refractivity contribution in [3.8, 4) is 0 Å². The zero-order valence-electron chi connectivity index (χ0n) is 11.4. The lowest BCUT2D eigenvalue weighted by molar-refractivity contribution is 0.0945. The van der Waals surface area contributed by atoms with E-state index in [1.807, 2.05) is 37.4 Å². The third-order valence-electron chi connectivity index (χ3n) is 3.28. The molecule has 0 radical (unpaired) electrons. The Hall–Kier alpha value is -2.40. The highest BCUT2D eigenvalue weighted by atomic mass is 35.5. The predicted octanol–water partition coefficient (Wildman–Crippen LogP) is 2.55. The number of nitrogens with one attached hydrogen (secondary N) is 1. The number of benzene rings is 1. The van der Waals surface area contributed by atoms with Gasteiger partial charge in [-0.1, -0.05) is 35.9 Å². The SMILES string of the molecule is Cn1nccc1CNC(=O)c1cc2ccccc2c(Cl)n1. The van der Waals surface area contributed by atoms with Crippen LogP contribution in [0, 0.1) is 0 Å². The number of carbonyl (C=O) groups is 1. The van der Waals surface area contributed by atoms with Gasteiger partial charge in [0.2, 0.25) is 0 Å². The number of fused-ring (bicyclic) bond motifs is 1. The predicted molar refractivity (Wildman–Crippen MR) is 81.1 cm³/mol. The van der Waals surface area contributed by atoms with Crippen molar-refractivity contribution in [2.45, 2.75) is 6.54 Å². The fraction of sp³-hybridized carbons (Fsp3) is 0.133. The zero-order valence-corrected chi connectivity index (χ0v) is 12.1. The molecule has 3 rings (SSSR count). The van der Waals surface area contributed by atoms with E-state index in [0.717, 1.165) is 16.5 Å². The fourth-order valence-corrected chi connectivity index (χ4v) is 2.37. The molecule has 0 aliphatic heterocycles. The van der Waals surface area contributed by atoms with E-state index in [0.29, 0.717) is 17.4 Å². The molecule has 0 aliphatic rings. The molecule has 5 nitrogen and oxygen atoms in total. The quantitative estimate of drug-likeness (QED) is 0.756. The highest BCUT2D eigenvalue weighted by Gasteiger charge is 2.11. The van der Waals surface area contributed by atoms with E-state index in [9.17, 15) is 4.79 Å². The molecule has 0 saturated heterocycles. The molecule has 0 bridgehead atoms. The molecule has 0 unspecified atom stereocenters. The van der Waals surface area contributed by atoms with Crippen LogP contribution in [-0.4, -0.2) is 20.7 Å². The maximum Gasteiger partial charge on any atom is 0.270 e. The van der Waals surface area contributed by atoms with Gasteiger partial charge >= 0.3 is 0 Å². The molecular weight excluding hydrogens is 288 g/mol. The monoisotopic (exact) mass is 300 g/mol. The first-order chi connectivity index (χ1) is 10.1. The Morgan fingerprint density at radius 2 is 2.14 bits per heavy atom. The number of hydrogen-bond acceptors (Lipinski definition) is 3. The molecule has 0 atom stereocenters. The van der Waals surface area contributed by atoms with Crippen molar-refractivity contribution < 1.29 is 4.79 Å². The number of amides is 1. The molecule has 0 aliphatic carbocycles. The van der Waals surface area contributed by atoms with Gasteiger partial charge in [0.1, 0.15) is 10.8 Å². The third kappa shape index (κ3) is 2.73. The first kappa shape index (κ1) is 13.6. The lowest BCUT2D eigenvalue weighted by Gasteiger charge is -2.07. The third-order valence-corrected chi connectivity index (χ3v) is 3.57. The van der Waals surface area contributed by atoms with E-state index in [4.69, 9.17) is 11.6 Å². The van der Waals surface area contributed by atoms with Crippen LogP contribution in [0.2, 0.25) is 5.15 Å². The maximum atomic E-state index is 12.2. The molecule has 1 aromatic carbocycles. The summed E-state index contributed by atoms with van der Waals surface area (Å²) in [7, 11) is 1.83. The summed E-state index contributed by atoms with van der Waals surface area (Å²) in [6, 6.07) is 11.2. The maximum absolute atomic E-state index is 12.2. The minimum Gasteiger partial charge on any atom is -0.345 e. The smallest absolute Gasteiger partial charge is 0.270 e. The fourth-order valence-electron chi connectivity index (χ4n) is 2.11. The average Bonchev–Trinajstić information content (AvgIpc) is 2.90. The van der Waals surface area contributed by atoms with Gasteiger partial charge < -0.3 is 5.32 Å². The van der Waals surface area contributed by atoms with Gasteiger partial charge in [-0.3, -0.25) is 9.48 Å². The molecule has 1 amide bonds. The Labute approximate surface area is 126 Å². The summed E-state index contributed by atoms with van der Waals surface area (Å²) in [5, 5.41) is 8.92. The molecule has 6 heteroatoms. The van der Waals surface area contributed by atoms with E-state index in [1.165, 1.54) is 0 Å². The van der Waals surface area contributed by atoms with E-state index in [2.05, 4.69) is 15.4 Å². The number of halogens is 1. The van der Waals surface area contributed by atoms with Crippen LogP contribution in [0.4, 0.5) is 0 Å². The first-order valence-corrected chi connectivity index (χ1v) is 6.83. The standard InChI is InChI=1S/C15H13ClN4O/c1-20-11(6-7-18-20)9-17-15(21)13-8-10-4-2-3-5-12(10)14(16)19-13/h2-8H,9H2,1H3,(H,17,21). The normalized spacial score (nSPS) is 10.8. The van der Waals surface area contributed by atoms with Gasteiger partial charge in [-0.2, -0.15) is 5.10 Å². The van der Waals surface area contributed by atoms with Crippen LogP contribution < -0.4 is 5.32 Å². The second-order valence-electron chi connectivity index (χ2n) is 4.65. The Bertz CT molecular complexity index is 812. The molecule has 21 heavy (non-hydrogen) atoms. The second kappa shape index (κ2) is 5.54. The topological polar surface area (TPSA) is 59.8 Å². The van der Waals surface area contributed by atoms with Crippen LogP contribution in [-0.2, 0) is 13.6 Å². The number of aromatic nitrogens is 3. The number of carbonyl (C=O) groups excluding carboxylic acids is 1. The largest absolute Gasteiger partial charge is 0.345 e. The summed E-state index contributed by atoms with van der Waals surface area (Å²) in [5.41, 5.74) is 1.22. The van der Waals surface area contributed by atoms with Gasteiger partial charge in [-0.15, -0.1) is 0 Å². The molecule has 0 fully saturated rings. The Morgan fingerprint density at radius 3 is 2.90 bits per heavy atom. The van der Waals surface area contributed by atoms with Crippen LogP contribution in [0.25, 0.3) is 10.8 Å². The summed E-state index contributed by atoms with van der Waals surface area (Å²) >= 11 is 6.13. The number of aryl methyl sites for hydroxylation is 1. The van der Waals surface area contributed by atoms with Crippen LogP contribution >= 0.6 is 11.6 Å². The second-order valence-corrected chi connectivity index (χ2v) is 5.01. The molecule has 0 saturated carbocycles. The Balaban J connectivity index is 1.83. The lowest BCUT2D eigenvalue weighted by Crippen LogP contribution is -2.25. The van der Waals surface area contributed by atoms with E-state index >= 15 is 0 Å². The highest BCUT2D eigenvalue weighted by molar-refractivity contribution is 6.34. The van der Waals surface area contributed by atoms with Gasteiger partial charge in [-0.05, 0) is 17.5 Å². The van der Waals surface area contributed by atoms with Gasteiger partial charge in [-0.25, -0.2) is 4.98 Å². The summed E-state index contributed by atoms with van der Waals surface area (Å²) in [6.07, 6.45) is 1.69. The number of pyridine rings is 1. The molecule has 2 aromatic heterocycles. The number of nitrogens with zero attached hydrogens (tertiary/aromatic N) is 3. The van der Waals surface area contributed by atoms with Crippen LogP contribution in [0.3, 0.4) is 0 Å². The minimum absolute atomic E-state index is 0.260. The van der Waals surface area contributed by atoms with E-state index in [-0.39, 0.29) is 5.91 Å². The molecule has 2 heterocycles. The number of hydrogen-bond donors (Lipinski definition) is 1. The summed E-state index contributed by atoms with van der Waals surface area (Å²) in [5.74, 6) is -0.260. The number of rotatable bonds is 3. The van der Waals surface area contributed by atoms with Gasteiger partial charge in [0, 0.05) is 18.6 Å². The van der Waals surface area contributed by atoms with Crippen molar-refractivity contribution in [1.82, 2.24) is 20.1 Å². The van der Waals surface area contributed by atoms with Crippen molar-refractivity contribution in [2.75, 3.05) is 0 Å². The van der Waals surface area contributed by atoms with Crippen molar-refractivity contribution in [3.05, 3.63) is 59.1 Å².